The minimum absolute atomic E-state index is 0.0828. The van der Waals surface area contributed by atoms with Gasteiger partial charge < -0.3 is 0 Å². The van der Waals surface area contributed by atoms with E-state index < -0.39 is 20.6 Å². The standard InChI is InChI=1S/C12H17ClN2O4S/c1-4-9(3)14(5-2)20(18,19)10-6-7-11(13)12(8-10)15(16)17/h6-9H,4-5H2,1-3H3. The summed E-state index contributed by atoms with van der Waals surface area (Å²) in [4.78, 5) is 10.0. The van der Waals surface area contributed by atoms with Gasteiger partial charge in [-0.1, -0.05) is 25.4 Å². The van der Waals surface area contributed by atoms with Gasteiger partial charge in [-0.15, -0.1) is 0 Å². The lowest BCUT2D eigenvalue weighted by molar-refractivity contribution is -0.384. The summed E-state index contributed by atoms with van der Waals surface area (Å²) in [5.74, 6) is 0. The van der Waals surface area contributed by atoms with Gasteiger partial charge in [-0.3, -0.25) is 10.1 Å². The van der Waals surface area contributed by atoms with Crippen LogP contribution >= 0.6 is 11.6 Å². The lowest BCUT2D eigenvalue weighted by Gasteiger charge is -2.26. The lowest BCUT2D eigenvalue weighted by Crippen LogP contribution is -2.38. The number of sulfonamides is 1. The summed E-state index contributed by atoms with van der Waals surface area (Å²) in [7, 11) is -3.77. The van der Waals surface area contributed by atoms with Crippen LogP contribution in [-0.4, -0.2) is 30.2 Å². The third-order valence-electron chi connectivity index (χ3n) is 3.12. The summed E-state index contributed by atoms with van der Waals surface area (Å²) >= 11 is 5.69. The number of benzene rings is 1. The zero-order chi connectivity index (χ0) is 15.5. The Balaban J connectivity index is 3.35. The average molecular weight is 321 g/mol. The molecule has 1 unspecified atom stereocenters. The Morgan fingerprint density at radius 1 is 1.40 bits per heavy atom. The van der Waals surface area contributed by atoms with Crippen LogP contribution in [0.25, 0.3) is 0 Å². The first kappa shape index (κ1) is 16.9. The van der Waals surface area contributed by atoms with Crippen molar-refractivity contribution in [3.8, 4) is 0 Å². The molecule has 20 heavy (non-hydrogen) atoms. The van der Waals surface area contributed by atoms with Crippen molar-refractivity contribution in [3.63, 3.8) is 0 Å². The fourth-order valence-corrected chi connectivity index (χ4v) is 3.77. The van der Waals surface area contributed by atoms with E-state index in [1.807, 2.05) is 6.92 Å². The number of nitrogens with zero attached hydrogens (tertiary/aromatic N) is 2. The van der Waals surface area contributed by atoms with Crippen LogP contribution < -0.4 is 0 Å². The number of rotatable bonds is 6. The molecule has 0 aliphatic carbocycles. The van der Waals surface area contributed by atoms with E-state index in [0.717, 1.165) is 6.07 Å². The van der Waals surface area contributed by atoms with Crippen molar-refractivity contribution in [2.75, 3.05) is 6.54 Å². The van der Waals surface area contributed by atoms with E-state index in [1.54, 1.807) is 13.8 Å². The molecular weight excluding hydrogens is 304 g/mol. The van der Waals surface area contributed by atoms with Gasteiger partial charge in [-0.2, -0.15) is 4.31 Å². The van der Waals surface area contributed by atoms with Gasteiger partial charge >= 0.3 is 0 Å². The van der Waals surface area contributed by atoms with Crippen LogP contribution in [0.5, 0.6) is 0 Å². The zero-order valence-corrected chi connectivity index (χ0v) is 13.1. The SMILES string of the molecule is CCC(C)N(CC)S(=O)(=O)c1ccc(Cl)c([N+](=O)[O-])c1. The smallest absolute Gasteiger partial charge is 0.258 e. The Kier molecular flexibility index (Phi) is 5.50. The van der Waals surface area contributed by atoms with E-state index in [9.17, 15) is 18.5 Å². The molecule has 0 aromatic heterocycles. The van der Waals surface area contributed by atoms with Crippen LogP contribution in [0.1, 0.15) is 27.2 Å². The number of halogens is 1. The molecule has 0 saturated carbocycles. The van der Waals surface area contributed by atoms with Crippen molar-refractivity contribution < 1.29 is 13.3 Å². The average Bonchev–Trinajstić information content (AvgIpc) is 2.38. The topological polar surface area (TPSA) is 80.5 Å². The Hall–Kier alpha value is -1.18. The third-order valence-corrected chi connectivity index (χ3v) is 5.52. The first-order valence-corrected chi connectivity index (χ1v) is 8.03. The maximum atomic E-state index is 12.5. The van der Waals surface area contributed by atoms with Crippen LogP contribution in [0.4, 0.5) is 5.69 Å². The van der Waals surface area contributed by atoms with Crippen molar-refractivity contribution in [1.82, 2.24) is 4.31 Å². The van der Waals surface area contributed by atoms with Gasteiger partial charge in [0.15, 0.2) is 0 Å². The predicted molar refractivity (Wildman–Crippen MR) is 77.4 cm³/mol. The van der Waals surface area contributed by atoms with Gasteiger partial charge in [-0.05, 0) is 25.5 Å². The van der Waals surface area contributed by atoms with Gasteiger partial charge in [0.2, 0.25) is 10.0 Å². The Morgan fingerprint density at radius 3 is 2.45 bits per heavy atom. The quantitative estimate of drug-likeness (QED) is 0.596. The Labute approximate surface area is 123 Å². The molecule has 0 heterocycles. The molecule has 1 rings (SSSR count). The molecule has 0 saturated heterocycles. The summed E-state index contributed by atoms with van der Waals surface area (Å²) < 4.78 is 26.3. The zero-order valence-electron chi connectivity index (χ0n) is 11.5. The minimum Gasteiger partial charge on any atom is -0.258 e. The second-order valence-electron chi connectivity index (χ2n) is 4.34. The molecule has 0 bridgehead atoms. The first-order chi connectivity index (χ1) is 9.25. The van der Waals surface area contributed by atoms with Crippen molar-refractivity contribution >= 4 is 27.3 Å². The van der Waals surface area contributed by atoms with Gasteiger partial charge in [0, 0.05) is 18.7 Å². The molecule has 1 aromatic rings. The van der Waals surface area contributed by atoms with E-state index in [0.29, 0.717) is 13.0 Å². The normalized spacial score (nSPS) is 13.4. The van der Waals surface area contributed by atoms with E-state index in [4.69, 9.17) is 11.6 Å². The second-order valence-corrected chi connectivity index (χ2v) is 6.63. The molecule has 0 spiro atoms. The maximum Gasteiger partial charge on any atom is 0.289 e. The van der Waals surface area contributed by atoms with Crippen LogP contribution in [0.2, 0.25) is 5.02 Å². The highest BCUT2D eigenvalue weighted by atomic mass is 35.5. The predicted octanol–water partition coefficient (Wildman–Crippen LogP) is 3.06. The molecule has 112 valence electrons. The summed E-state index contributed by atoms with van der Waals surface area (Å²) in [5.41, 5.74) is -0.409. The Morgan fingerprint density at radius 2 is 2.00 bits per heavy atom. The molecule has 0 amide bonds. The number of nitro groups is 1. The van der Waals surface area contributed by atoms with Crippen molar-refractivity contribution in [2.45, 2.75) is 38.1 Å². The summed E-state index contributed by atoms with van der Waals surface area (Å²) in [6, 6.07) is 3.34. The Bertz CT molecular complexity index is 603. The van der Waals surface area contributed by atoms with Crippen LogP contribution in [0.15, 0.2) is 23.1 Å². The van der Waals surface area contributed by atoms with E-state index in [-0.39, 0.29) is 16.0 Å². The summed E-state index contributed by atoms with van der Waals surface area (Å²) in [5, 5.41) is 10.8. The van der Waals surface area contributed by atoms with E-state index >= 15 is 0 Å². The highest BCUT2D eigenvalue weighted by molar-refractivity contribution is 7.89. The molecule has 0 aliphatic heterocycles. The van der Waals surface area contributed by atoms with E-state index in [1.165, 1.54) is 16.4 Å². The molecule has 0 aliphatic rings. The fraction of sp³-hybridized carbons (Fsp3) is 0.500. The van der Waals surface area contributed by atoms with Gasteiger partial charge in [0.1, 0.15) is 5.02 Å². The maximum absolute atomic E-state index is 12.5. The van der Waals surface area contributed by atoms with Crippen LogP contribution in [-0.2, 0) is 10.0 Å². The van der Waals surface area contributed by atoms with E-state index in [2.05, 4.69) is 0 Å². The number of hydrogen-bond acceptors (Lipinski definition) is 4. The van der Waals surface area contributed by atoms with Crippen molar-refractivity contribution in [2.24, 2.45) is 0 Å². The first-order valence-electron chi connectivity index (χ1n) is 6.21. The highest BCUT2D eigenvalue weighted by Crippen LogP contribution is 2.29. The van der Waals surface area contributed by atoms with Gasteiger partial charge in [0.25, 0.3) is 5.69 Å². The minimum atomic E-state index is -3.77. The van der Waals surface area contributed by atoms with Gasteiger partial charge in [-0.25, -0.2) is 8.42 Å². The van der Waals surface area contributed by atoms with Crippen molar-refractivity contribution in [3.05, 3.63) is 33.3 Å². The molecule has 1 atom stereocenters. The largest absolute Gasteiger partial charge is 0.289 e. The summed E-state index contributed by atoms with van der Waals surface area (Å²) in [6.07, 6.45) is 0.656. The molecule has 1 aromatic carbocycles. The molecule has 8 heteroatoms. The molecule has 0 fully saturated rings. The second kappa shape index (κ2) is 6.51. The number of hydrogen-bond donors (Lipinski definition) is 0. The van der Waals surface area contributed by atoms with Crippen LogP contribution in [0, 0.1) is 10.1 Å². The summed E-state index contributed by atoms with van der Waals surface area (Å²) in [6.45, 7) is 5.71. The van der Waals surface area contributed by atoms with Gasteiger partial charge in [0.05, 0.1) is 9.82 Å². The molecule has 0 N–H and O–H groups in total. The fourth-order valence-electron chi connectivity index (χ4n) is 1.85. The third kappa shape index (κ3) is 3.28. The monoisotopic (exact) mass is 320 g/mol. The number of nitro benzene ring substituents is 1. The van der Waals surface area contributed by atoms with Crippen LogP contribution in [0.3, 0.4) is 0 Å². The molecule has 0 radical (unpaired) electrons. The highest BCUT2D eigenvalue weighted by Gasteiger charge is 2.28. The van der Waals surface area contributed by atoms with Crippen molar-refractivity contribution in [1.29, 1.82) is 0 Å². The lowest BCUT2D eigenvalue weighted by atomic mass is 10.3. The molecular formula is C12H17ClN2O4S. The molecule has 6 nitrogen and oxygen atoms in total.